The highest BCUT2D eigenvalue weighted by Crippen LogP contribution is 2.10. The van der Waals surface area contributed by atoms with E-state index in [2.05, 4.69) is 42.0 Å². The van der Waals surface area contributed by atoms with E-state index in [1.54, 1.807) is 0 Å². The first-order valence-electron chi connectivity index (χ1n) is 6.70. The molecule has 1 saturated heterocycles. The molecule has 0 saturated carbocycles. The first kappa shape index (κ1) is 16.0. The van der Waals surface area contributed by atoms with Gasteiger partial charge < -0.3 is 5.73 Å². The molecule has 104 valence electrons. The van der Waals surface area contributed by atoms with Gasteiger partial charge in [0.05, 0.1) is 0 Å². The second-order valence-corrected chi connectivity index (χ2v) is 4.59. The monoisotopic (exact) mass is 266 g/mol. The maximum absolute atomic E-state index is 5.68. The Labute approximate surface area is 122 Å². The van der Waals surface area contributed by atoms with Crippen LogP contribution in [-0.4, -0.2) is 24.0 Å². The summed E-state index contributed by atoms with van der Waals surface area (Å²) >= 11 is 0. The highest BCUT2D eigenvalue weighted by atomic mass is 15.2. The van der Waals surface area contributed by atoms with E-state index in [9.17, 15) is 0 Å². The molecular weight excluding hydrogens is 244 g/mol. The lowest BCUT2D eigenvalue weighted by atomic mass is 10.1. The van der Waals surface area contributed by atoms with Gasteiger partial charge in [0.2, 0.25) is 0 Å². The molecule has 0 atom stereocenters. The standard InChI is InChI=1S/C10H14N2.C6H6.C2H2/c11-10-7-12(8-10)6-9-4-2-1-3-5-9;1-2-4-6-5-3-1;1-2/h1-5,10H,6-8,11H2;1-6H;1-2H. The van der Waals surface area contributed by atoms with Crippen LogP contribution in [0.1, 0.15) is 5.56 Å². The summed E-state index contributed by atoms with van der Waals surface area (Å²) in [5.41, 5.74) is 7.06. The number of nitrogens with zero attached hydrogens (tertiary/aromatic N) is 1. The third kappa shape index (κ3) is 6.19. The summed E-state index contributed by atoms with van der Waals surface area (Å²) < 4.78 is 0. The predicted octanol–water partition coefficient (Wildman–Crippen LogP) is 2.77. The smallest absolute Gasteiger partial charge is 0.0297 e. The average molecular weight is 266 g/mol. The highest BCUT2D eigenvalue weighted by molar-refractivity contribution is 5.15. The van der Waals surface area contributed by atoms with Crippen molar-refractivity contribution in [2.45, 2.75) is 12.6 Å². The van der Waals surface area contributed by atoms with Crippen molar-refractivity contribution in [2.75, 3.05) is 13.1 Å². The molecular formula is C18H22N2. The minimum Gasteiger partial charge on any atom is -0.325 e. The molecule has 0 aliphatic carbocycles. The number of terminal acetylenes is 1. The molecule has 2 aromatic carbocycles. The van der Waals surface area contributed by atoms with Gasteiger partial charge in [0, 0.05) is 25.7 Å². The predicted molar refractivity (Wildman–Crippen MR) is 86.0 cm³/mol. The fourth-order valence-corrected chi connectivity index (χ4v) is 1.97. The molecule has 0 amide bonds. The number of rotatable bonds is 2. The van der Waals surface area contributed by atoms with Gasteiger partial charge in [0.1, 0.15) is 0 Å². The Kier molecular flexibility index (Phi) is 7.83. The topological polar surface area (TPSA) is 29.3 Å². The summed E-state index contributed by atoms with van der Waals surface area (Å²) in [4.78, 5) is 2.36. The van der Waals surface area contributed by atoms with Gasteiger partial charge >= 0.3 is 0 Å². The van der Waals surface area contributed by atoms with Gasteiger partial charge in [-0.25, -0.2) is 0 Å². The molecule has 0 radical (unpaired) electrons. The second kappa shape index (κ2) is 9.80. The van der Waals surface area contributed by atoms with Gasteiger partial charge in [0.15, 0.2) is 0 Å². The lowest BCUT2D eigenvalue weighted by molar-refractivity contribution is 0.142. The molecule has 0 spiro atoms. The van der Waals surface area contributed by atoms with Crippen LogP contribution >= 0.6 is 0 Å². The van der Waals surface area contributed by atoms with Crippen molar-refractivity contribution in [1.82, 2.24) is 4.90 Å². The minimum atomic E-state index is 0.411. The maximum atomic E-state index is 5.68. The molecule has 1 fully saturated rings. The van der Waals surface area contributed by atoms with Gasteiger partial charge in [-0.05, 0) is 5.56 Å². The van der Waals surface area contributed by atoms with Gasteiger partial charge in [0.25, 0.3) is 0 Å². The molecule has 3 rings (SSSR count). The van der Waals surface area contributed by atoms with Gasteiger partial charge in [-0.3, -0.25) is 4.90 Å². The van der Waals surface area contributed by atoms with Crippen LogP contribution in [0.25, 0.3) is 0 Å². The third-order valence-electron chi connectivity index (χ3n) is 2.90. The average Bonchev–Trinajstić information content (AvgIpc) is 2.51. The van der Waals surface area contributed by atoms with E-state index in [4.69, 9.17) is 5.73 Å². The summed E-state index contributed by atoms with van der Waals surface area (Å²) in [6.07, 6.45) is 8.00. The summed E-state index contributed by atoms with van der Waals surface area (Å²) in [6, 6.07) is 22.9. The van der Waals surface area contributed by atoms with Crippen LogP contribution in [0.4, 0.5) is 0 Å². The second-order valence-electron chi connectivity index (χ2n) is 4.59. The Morgan fingerprint density at radius 3 is 1.65 bits per heavy atom. The normalized spacial score (nSPS) is 13.9. The van der Waals surface area contributed by atoms with Crippen molar-refractivity contribution in [3.63, 3.8) is 0 Å². The van der Waals surface area contributed by atoms with Crippen molar-refractivity contribution in [3.8, 4) is 12.8 Å². The van der Waals surface area contributed by atoms with Crippen molar-refractivity contribution < 1.29 is 0 Å². The Bertz CT molecular complexity index is 432. The highest BCUT2D eigenvalue weighted by Gasteiger charge is 2.22. The summed E-state index contributed by atoms with van der Waals surface area (Å²) in [5, 5.41) is 0. The molecule has 2 aromatic rings. The third-order valence-corrected chi connectivity index (χ3v) is 2.90. The molecule has 20 heavy (non-hydrogen) atoms. The summed E-state index contributed by atoms with van der Waals surface area (Å²) in [7, 11) is 0. The molecule has 1 aliphatic rings. The molecule has 2 heteroatoms. The van der Waals surface area contributed by atoms with E-state index in [0.717, 1.165) is 19.6 Å². The first-order chi connectivity index (χ1) is 9.84. The van der Waals surface area contributed by atoms with Crippen LogP contribution in [0.2, 0.25) is 0 Å². The van der Waals surface area contributed by atoms with Crippen LogP contribution in [0.15, 0.2) is 66.7 Å². The Morgan fingerprint density at radius 2 is 1.25 bits per heavy atom. The fourth-order valence-electron chi connectivity index (χ4n) is 1.97. The SMILES string of the molecule is C#C.NC1CN(Cc2ccccc2)C1.c1ccccc1. The first-order valence-corrected chi connectivity index (χ1v) is 6.70. The number of likely N-dealkylation sites (tertiary alicyclic amines) is 1. The molecule has 1 aliphatic heterocycles. The number of hydrogen-bond donors (Lipinski definition) is 1. The zero-order valence-corrected chi connectivity index (χ0v) is 11.7. The van der Waals surface area contributed by atoms with E-state index in [-0.39, 0.29) is 0 Å². The van der Waals surface area contributed by atoms with Crippen molar-refractivity contribution in [1.29, 1.82) is 0 Å². The van der Waals surface area contributed by atoms with Crippen LogP contribution in [0, 0.1) is 12.8 Å². The van der Waals surface area contributed by atoms with Gasteiger partial charge in [-0.15, -0.1) is 12.8 Å². The lowest BCUT2D eigenvalue weighted by Crippen LogP contribution is -2.54. The Hall–Kier alpha value is -2.08. The van der Waals surface area contributed by atoms with E-state index >= 15 is 0 Å². The van der Waals surface area contributed by atoms with Gasteiger partial charge in [-0.1, -0.05) is 66.7 Å². The van der Waals surface area contributed by atoms with E-state index in [0.29, 0.717) is 6.04 Å². The van der Waals surface area contributed by atoms with Crippen LogP contribution in [0.5, 0.6) is 0 Å². The molecule has 1 heterocycles. The van der Waals surface area contributed by atoms with Crippen LogP contribution in [-0.2, 0) is 6.54 Å². The van der Waals surface area contributed by atoms with Crippen LogP contribution in [0.3, 0.4) is 0 Å². The molecule has 0 bridgehead atoms. The van der Waals surface area contributed by atoms with E-state index < -0.39 is 0 Å². The Balaban J connectivity index is 0.000000211. The molecule has 0 unspecified atom stereocenters. The van der Waals surface area contributed by atoms with Gasteiger partial charge in [-0.2, -0.15) is 0 Å². The Morgan fingerprint density at radius 1 is 0.850 bits per heavy atom. The zero-order valence-electron chi connectivity index (χ0n) is 11.7. The zero-order chi connectivity index (χ0) is 14.6. The van der Waals surface area contributed by atoms with E-state index in [1.165, 1.54) is 5.56 Å². The number of nitrogens with two attached hydrogens (primary N) is 1. The summed E-state index contributed by atoms with van der Waals surface area (Å²) in [5.74, 6) is 0. The molecule has 2 nitrogen and oxygen atoms in total. The van der Waals surface area contributed by atoms with Crippen molar-refractivity contribution >= 4 is 0 Å². The number of hydrogen-bond acceptors (Lipinski definition) is 2. The molecule has 2 N–H and O–H groups in total. The van der Waals surface area contributed by atoms with Crippen molar-refractivity contribution in [3.05, 3.63) is 72.3 Å². The molecule has 0 aromatic heterocycles. The van der Waals surface area contributed by atoms with Crippen LogP contribution < -0.4 is 5.73 Å². The quantitative estimate of drug-likeness (QED) is 0.847. The maximum Gasteiger partial charge on any atom is 0.0297 e. The summed E-state index contributed by atoms with van der Waals surface area (Å²) in [6.45, 7) is 3.15. The lowest BCUT2D eigenvalue weighted by Gasteiger charge is -2.36. The largest absolute Gasteiger partial charge is 0.325 e. The minimum absolute atomic E-state index is 0.411. The van der Waals surface area contributed by atoms with Crippen molar-refractivity contribution in [2.24, 2.45) is 5.73 Å². The fraction of sp³-hybridized carbons (Fsp3) is 0.222. The number of benzene rings is 2. The van der Waals surface area contributed by atoms with E-state index in [1.807, 2.05) is 42.5 Å².